The number of aromatic nitrogens is 4. The summed E-state index contributed by atoms with van der Waals surface area (Å²) in [6.07, 6.45) is 6.22. The van der Waals surface area contributed by atoms with Gasteiger partial charge in [0.05, 0.1) is 38.0 Å². The molecule has 3 aromatic rings. The first-order chi connectivity index (χ1) is 13.9. The lowest BCUT2D eigenvalue weighted by Crippen LogP contribution is -2.10. The molecule has 0 saturated carbocycles. The molecule has 8 heteroatoms. The van der Waals surface area contributed by atoms with Crippen LogP contribution in [0.1, 0.15) is 22.5 Å². The van der Waals surface area contributed by atoms with Gasteiger partial charge < -0.3 is 14.8 Å². The van der Waals surface area contributed by atoms with Crippen LogP contribution in [0.25, 0.3) is 12.0 Å². The number of methoxy groups -OCH3 is 2. The number of carbonyl (C=O) groups is 1. The Hall–Kier alpha value is -3.68. The van der Waals surface area contributed by atoms with Gasteiger partial charge in [0, 0.05) is 11.8 Å². The van der Waals surface area contributed by atoms with E-state index >= 15 is 0 Å². The Morgan fingerprint density at radius 1 is 1.07 bits per heavy atom. The first-order valence-corrected chi connectivity index (χ1v) is 8.99. The van der Waals surface area contributed by atoms with E-state index in [0.717, 1.165) is 22.5 Å². The summed E-state index contributed by atoms with van der Waals surface area (Å²) < 4.78 is 12.2. The molecule has 2 aromatic heterocycles. The maximum atomic E-state index is 12.2. The Morgan fingerprint density at radius 2 is 1.76 bits per heavy atom. The van der Waals surface area contributed by atoms with Gasteiger partial charge in [0.15, 0.2) is 11.5 Å². The first kappa shape index (κ1) is 20.1. The van der Waals surface area contributed by atoms with Gasteiger partial charge in [0.2, 0.25) is 5.91 Å². The van der Waals surface area contributed by atoms with E-state index in [1.807, 2.05) is 26.8 Å². The zero-order valence-electron chi connectivity index (χ0n) is 17.1. The first-order valence-electron chi connectivity index (χ1n) is 8.99. The van der Waals surface area contributed by atoms with Crippen LogP contribution in [-0.2, 0) is 4.79 Å². The maximum Gasteiger partial charge on any atom is 0.250 e. The molecule has 2 heterocycles. The van der Waals surface area contributed by atoms with Gasteiger partial charge in [-0.2, -0.15) is 5.10 Å². The smallest absolute Gasteiger partial charge is 0.250 e. The molecule has 3 rings (SSSR count). The summed E-state index contributed by atoms with van der Waals surface area (Å²) in [5.74, 6) is 1.39. The molecule has 0 aliphatic rings. The summed E-state index contributed by atoms with van der Waals surface area (Å²) >= 11 is 0. The van der Waals surface area contributed by atoms with Crippen LogP contribution in [0.5, 0.6) is 11.5 Å². The van der Waals surface area contributed by atoms with Gasteiger partial charge in [-0.15, -0.1) is 0 Å². The molecule has 0 fully saturated rings. The average molecular weight is 393 g/mol. The topological polar surface area (TPSA) is 91.2 Å². The summed E-state index contributed by atoms with van der Waals surface area (Å²) in [5, 5.41) is 7.17. The molecule has 0 saturated heterocycles. The molecular weight excluding hydrogens is 370 g/mol. The summed E-state index contributed by atoms with van der Waals surface area (Å²) in [6, 6.07) is 5.40. The zero-order valence-corrected chi connectivity index (χ0v) is 17.1. The van der Waals surface area contributed by atoms with Crippen molar-refractivity contribution in [2.75, 3.05) is 19.5 Å². The highest BCUT2D eigenvalue weighted by Crippen LogP contribution is 2.28. The van der Waals surface area contributed by atoms with Crippen molar-refractivity contribution in [2.45, 2.75) is 20.8 Å². The average Bonchev–Trinajstić information content (AvgIpc) is 2.99. The molecule has 1 amide bonds. The number of aryl methyl sites for hydroxylation is 1. The number of hydrogen-bond acceptors (Lipinski definition) is 6. The van der Waals surface area contributed by atoms with E-state index in [9.17, 15) is 4.79 Å². The Morgan fingerprint density at radius 3 is 2.34 bits per heavy atom. The van der Waals surface area contributed by atoms with E-state index < -0.39 is 0 Å². The molecule has 0 radical (unpaired) electrons. The van der Waals surface area contributed by atoms with Gasteiger partial charge in [0.1, 0.15) is 0 Å². The van der Waals surface area contributed by atoms with E-state index in [4.69, 9.17) is 9.47 Å². The van der Waals surface area contributed by atoms with Gasteiger partial charge in [0.25, 0.3) is 5.95 Å². The van der Waals surface area contributed by atoms with Crippen molar-refractivity contribution in [2.24, 2.45) is 0 Å². The molecule has 0 spiro atoms. The van der Waals surface area contributed by atoms with E-state index in [-0.39, 0.29) is 5.91 Å². The fourth-order valence-electron chi connectivity index (χ4n) is 2.72. The van der Waals surface area contributed by atoms with Crippen LogP contribution in [0.3, 0.4) is 0 Å². The maximum absolute atomic E-state index is 12.2. The highest BCUT2D eigenvalue weighted by molar-refractivity contribution is 6.01. The normalized spacial score (nSPS) is 10.9. The van der Waals surface area contributed by atoms with E-state index in [1.54, 1.807) is 49.5 Å². The van der Waals surface area contributed by atoms with E-state index in [2.05, 4.69) is 20.4 Å². The van der Waals surface area contributed by atoms with Crippen LogP contribution in [0, 0.1) is 20.8 Å². The van der Waals surface area contributed by atoms with Crippen molar-refractivity contribution in [3.05, 3.63) is 59.2 Å². The third-order valence-corrected chi connectivity index (χ3v) is 4.58. The predicted octanol–water partition coefficient (Wildman–Crippen LogP) is 3.26. The lowest BCUT2D eigenvalue weighted by Gasteiger charge is -2.07. The van der Waals surface area contributed by atoms with Crippen LogP contribution < -0.4 is 14.8 Å². The SMILES string of the molecule is COc1ccc(/C=C/C(=O)Nc2cnc(-n3nc(C)c(C)c3C)nc2)cc1OC. The van der Waals surface area contributed by atoms with Crippen LogP contribution in [0.15, 0.2) is 36.7 Å². The van der Waals surface area contributed by atoms with Crippen molar-refractivity contribution in [1.29, 1.82) is 0 Å². The third kappa shape index (κ3) is 4.43. The van der Waals surface area contributed by atoms with Gasteiger partial charge in [-0.1, -0.05) is 6.07 Å². The summed E-state index contributed by atoms with van der Waals surface area (Å²) in [4.78, 5) is 20.8. The molecule has 8 nitrogen and oxygen atoms in total. The number of amides is 1. The lowest BCUT2D eigenvalue weighted by molar-refractivity contribution is -0.111. The Balaban J connectivity index is 1.68. The summed E-state index contributed by atoms with van der Waals surface area (Å²) in [6.45, 7) is 5.92. The minimum atomic E-state index is -0.293. The standard InChI is InChI=1S/C21H23N5O3/c1-13-14(2)25-26(15(13)3)21-22-11-17(12-23-21)24-20(27)9-7-16-6-8-18(28-4)19(10-16)29-5/h6-12H,1-5H3,(H,24,27)/b9-7+. The van der Waals surface area contributed by atoms with E-state index in [0.29, 0.717) is 23.1 Å². The predicted molar refractivity (Wildman–Crippen MR) is 111 cm³/mol. The van der Waals surface area contributed by atoms with Crippen molar-refractivity contribution in [3.63, 3.8) is 0 Å². The number of anilines is 1. The molecule has 0 atom stereocenters. The van der Waals surface area contributed by atoms with Crippen LogP contribution in [0.2, 0.25) is 0 Å². The molecule has 0 bridgehead atoms. The van der Waals surface area contributed by atoms with Crippen LogP contribution in [-0.4, -0.2) is 39.9 Å². The van der Waals surface area contributed by atoms with Crippen molar-refractivity contribution in [1.82, 2.24) is 19.7 Å². The molecule has 1 N–H and O–H groups in total. The Labute approximate surface area is 169 Å². The summed E-state index contributed by atoms with van der Waals surface area (Å²) in [7, 11) is 3.14. The van der Waals surface area contributed by atoms with Crippen LogP contribution in [0.4, 0.5) is 5.69 Å². The van der Waals surface area contributed by atoms with Gasteiger partial charge in [-0.25, -0.2) is 14.6 Å². The molecule has 150 valence electrons. The Bertz CT molecular complexity index is 1050. The number of nitrogens with zero attached hydrogens (tertiary/aromatic N) is 4. The number of hydrogen-bond donors (Lipinski definition) is 1. The second kappa shape index (κ2) is 8.55. The monoisotopic (exact) mass is 393 g/mol. The molecule has 29 heavy (non-hydrogen) atoms. The van der Waals surface area contributed by atoms with E-state index in [1.165, 1.54) is 6.08 Å². The number of benzene rings is 1. The fraction of sp³-hybridized carbons (Fsp3) is 0.238. The van der Waals surface area contributed by atoms with Gasteiger partial charge in [-0.3, -0.25) is 4.79 Å². The summed E-state index contributed by atoms with van der Waals surface area (Å²) in [5.41, 5.74) is 4.32. The molecule has 0 aliphatic carbocycles. The fourth-order valence-corrected chi connectivity index (χ4v) is 2.72. The number of ether oxygens (including phenoxy) is 2. The molecule has 0 unspecified atom stereocenters. The molecule has 0 aliphatic heterocycles. The van der Waals surface area contributed by atoms with Crippen molar-refractivity contribution >= 4 is 17.7 Å². The zero-order chi connectivity index (χ0) is 21.0. The number of rotatable bonds is 6. The lowest BCUT2D eigenvalue weighted by atomic mass is 10.2. The molecular formula is C21H23N5O3. The highest BCUT2D eigenvalue weighted by Gasteiger charge is 2.11. The highest BCUT2D eigenvalue weighted by atomic mass is 16.5. The van der Waals surface area contributed by atoms with Crippen molar-refractivity contribution < 1.29 is 14.3 Å². The van der Waals surface area contributed by atoms with Crippen molar-refractivity contribution in [3.8, 4) is 17.4 Å². The Kier molecular flexibility index (Phi) is 5.92. The number of carbonyl (C=O) groups excluding carboxylic acids is 1. The van der Waals surface area contributed by atoms with Gasteiger partial charge in [-0.05, 0) is 50.1 Å². The van der Waals surface area contributed by atoms with Crippen LogP contribution >= 0.6 is 0 Å². The second-order valence-electron chi connectivity index (χ2n) is 6.42. The largest absolute Gasteiger partial charge is 0.493 e. The third-order valence-electron chi connectivity index (χ3n) is 4.58. The second-order valence-corrected chi connectivity index (χ2v) is 6.42. The minimum absolute atomic E-state index is 0.293. The molecule has 1 aromatic carbocycles. The number of nitrogens with one attached hydrogen (secondary N) is 1. The minimum Gasteiger partial charge on any atom is -0.493 e. The quantitative estimate of drug-likeness (QED) is 0.647. The van der Waals surface area contributed by atoms with Gasteiger partial charge >= 0.3 is 0 Å².